The number of aliphatic hydroxyl groups excluding tert-OH is 1. The van der Waals surface area contributed by atoms with Crippen LogP contribution in [0.3, 0.4) is 0 Å². The number of benzene rings is 1. The number of ether oxygens (including phenoxy) is 1. The molecule has 1 aliphatic rings. The van der Waals surface area contributed by atoms with E-state index < -0.39 is 6.10 Å². The third kappa shape index (κ3) is 3.58. The van der Waals surface area contributed by atoms with Gasteiger partial charge in [0.15, 0.2) is 0 Å². The fourth-order valence-electron chi connectivity index (χ4n) is 3.38. The summed E-state index contributed by atoms with van der Waals surface area (Å²) in [5, 5.41) is 10.7. The van der Waals surface area contributed by atoms with Gasteiger partial charge in [-0.2, -0.15) is 0 Å². The smallest absolute Gasteiger partial charge is 0.0945 e. The van der Waals surface area contributed by atoms with Crippen LogP contribution in [0.25, 0.3) is 0 Å². The van der Waals surface area contributed by atoms with E-state index in [1.807, 2.05) is 25.1 Å². The molecular weight excluding hydrogens is 236 g/mol. The van der Waals surface area contributed by atoms with Crippen LogP contribution in [-0.2, 0) is 11.2 Å². The maximum atomic E-state index is 10.7. The molecule has 3 atom stereocenters. The van der Waals surface area contributed by atoms with Crippen molar-refractivity contribution in [1.29, 1.82) is 0 Å². The van der Waals surface area contributed by atoms with Crippen molar-refractivity contribution in [2.45, 2.75) is 57.7 Å². The molecule has 1 aliphatic carbocycles. The summed E-state index contributed by atoms with van der Waals surface area (Å²) in [6.07, 6.45) is 4.67. The largest absolute Gasteiger partial charge is 0.390 e. The molecule has 0 spiro atoms. The summed E-state index contributed by atoms with van der Waals surface area (Å²) in [6, 6.07) is 10.2. The average Bonchev–Trinajstić information content (AvgIpc) is 2.40. The minimum atomic E-state index is -0.405. The molecule has 0 heterocycles. The SMILES string of the molecule is CCOC1(C(O)Cc2ccccc2)CCCC(C)C1. The van der Waals surface area contributed by atoms with Crippen LogP contribution in [0.15, 0.2) is 30.3 Å². The molecule has 1 aromatic carbocycles. The number of hydrogen-bond acceptors (Lipinski definition) is 2. The third-order valence-electron chi connectivity index (χ3n) is 4.30. The summed E-state index contributed by atoms with van der Waals surface area (Å²) >= 11 is 0. The van der Waals surface area contributed by atoms with Crippen molar-refractivity contribution in [2.75, 3.05) is 6.61 Å². The zero-order chi connectivity index (χ0) is 13.7. The Morgan fingerprint density at radius 1 is 1.37 bits per heavy atom. The highest BCUT2D eigenvalue weighted by Crippen LogP contribution is 2.38. The van der Waals surface area contributed by atoms with E-state index in [1.165, 1.54) is 12.0 Å². The van der Waals surface area contributed by atoms with Crippen molar-refractivity contribution in [3.63, 3.8) is 0 Å². The fourth-order valence-corrected chi connectivity index (χ4v) is 3.38. The minimum absolute atomic E-state index is 0.331. The van der Waals surface area contributed by atoms with E-state index in [1.54, 1.807) is 0 Å². The van der Waals surface area contributed by atoms with Gasteiger partial charge >= 0.3 is 0 Å². The summed E-state index contributed by atoms with van der Waals surface area (Å²) in [5.41, 5.74) is 0.856. The van der Waals surface area contributed by atoms with Gasteiger partial charge in [-0.25, -0.2) is 0 Å². The molecule has 2 nitrogen and oxygen atoms in total. The summed E-state index contributed by atoms with van der Waals surface area (Å²) in [5.74, 6) is 0.644. The van der Waals surface area contributed by atoms with E-state index >= 15 is 0 Å². The van der Waals surface area contributed by atoms with Crippen molar-refractivity contribution in [3.05, 3.63) is 35.9 Å². The molecule has 1 N–H and O–H groups in total. The Morgan fingerprint density at radius 2 is 2.11 bits per heavy atom. The predicted molar refractivity (Wildman–Crippen MR) is 78.1 cm³/mol. The quantitative estimate of drug-likeness (QED) is 0.879. The van der Waals surface area contributed by atoms with Crippen molar-refractivity contribution < 1.29 is 9.84 Å². The van der Waals surface area contributed by atoms with Crippen LogP contribution in [0.4, 0.5) is 0 Å². The van der Waals surface area contributed by atoms with Gasteiger partial charge in [-0.15, -0.1) is 0 Å². The lowest BCUT2D eigenvalue weighted by molar-refractivity contribution is -0.147. The number of aliphatic hydroxyl groups is 1. The molecule has 106 valence electrons. The molecule has 19 heavy (non-hydrogen) atoms. The fraction of sp³-hybridized carbons (Fsp3) is 0.647. The van der Waals surface area contributed by atoms with Gasteiger partial charge in [-0.3, -0.25) is 0 Å². The highest BCUT2D eigenvalue weighted by molar-refractivity contribution is 5.16. The van der Waals surface area contributed by atoms with Gasteiger partial charge in [0, 0.05) is 13.0 Å². The Hall–Kier alpha value is -0.860. The first-order valence-corrected chi connectivity index (χ1v) is 7.52. The number of hydrogen-bond donors (Lipinski definition) is 1. The lowest BCUT2D eigenvalue weighted by Crippen LogP contribution is -2.49. The summed E-state index contributed by atoms with van der Waals surface area (Å²) in [6.45, 7) is 4.97. The van der Waals surface area contributed by atoms with Crippen molar-refractivity contribution in [3.8, 4) is 0 Å². The van der Waals surface area contributed by atoms with E-state index in [0.717, 1.165) is 19.3 Å². The van der Waals surface area contributed by atoms with E-state index in [9.17, 15) is 5.11 Å². The van der Waals surface area contributed by atoms with Gasteiger partial charge < -0.3 is 9.84 Å². The van der Waals surface area contributed by atoms with Gasteiger partial charge in [0.1, 0.15) is 0 Å². The van der Waals surface area contributed by atoms with E-state index in [2.05, 4.69) is 19.1 Å². The molecule has 0 saturated heterocycles. The van der Waals surface area contributed by atoms with Crippen molar-refractivity contribution >= 4 is 0 Å². The van der Waals surface area contributed by atoms with Crippen molar-refractivity contribution in [2.24, 2.45) is 5.92 Å². The van der Waals surface area contributed by atoms with Crippen LogP contribution in [0.1, 0.15) is 45.1 Å². The normalized spacial score (nSPS) is 29.1. The molecule has 3 unspecified atom stereocenters. The first-order chi connectivity index (χ1) is 9.16. The topological polar surface area (TPSA) is 29.5 Å². The van der Waals surface area contributed by atoms with Crippen LogP contribution < -0.4 is 0 Å². The molecule has 0 bridgehead atoms. The summed E-state index contributed by atoms with van der Waals surface area (Å²) in [7, 11) is 0. The number of rotatable bonds is 5. The Balaban J connectivity index is 2.09. The van der Waals surface area contributed by atoms with Gasteiger partial charge in [-0.1, -0.05) is 50.1 Å². The molecule has 2 rings (SSSR count). The molecule has 0 radical (unpaired) electrons. The highest BCUT2D eigenvalue weighted by atomic mass is 16.5. The lowest BCUT2D eigenvalue weighted by Gasteiger charge is -2.43. The second-order valence-electron chi connectivity index (χ2n) is 5.90. The van der Waals surface area contributed by atoms with Gasteiger partial charge in [-0.05, 0) is 31.2 Å². The zero-order valence-corrected chi connectivity index (χ0v) is 12.1. The Morgan fingerprint density at radius 3 is 2.74 bits per heavy atom. The molecule has 0 aromatic heterocycles. The molecular formula is C17H26O2. The first-order valence-electron chi connectivity index (χ1n) is 7.52. The summed E-state index contributed by atoms with van der Waals surface area (Å²) < 4.78 is 6.02. The molecule has 1 aromatic rings. The Labute approximate surface area is 116 Å². The Bertz CT molecular complexity index is 372. The van der Waals surface area contributed by atoms with E-state index in [0.29, 0.717) is 18.9 Å². The van der Waals surface area contributed by atoms with Crippen molar-refractivity contribution in [1.82, 2.24) is 0 Å². The minimum Gasteiger partial charge on any atom is -0.390 e. The second kappa shape index (κ2) is 6.53. The molecule has 1 saturated carbocycles. The predicted octanol–water partition coefficient (Wildman–Crippen LogP) is 3.58. The van der Waals surface area contributed by atoms with Crippen LogP contribution in [0.5, 0.6) is 0 Å². The van der Waals surface area contributed by atoms with Crippen LogP contribution in [-0.4, -0.2) is 23.4 Å². The molecule has 2 heteroatoms. The maximum Gasteiger partial charge on any atom is 0.0945 e. The monoisotopic (exact) mass is 262 g/mol. The molecule has 0 amide bonds. The molecule has 0 aliphatic heterocycles. The highest BCUT2D eigenvalue weighted by Gasteiger charge is 2.41. The zero-order valence-electron chi connectivity index (χ0n) is 12.1. The molecule has 1 fully saturated rings. The average molecular weight is 262 g/mol. The van der Waals surface area contributed by atoms with Crippen LogP contribution in [0.2, 0.25) is 0 Å². The Kier molecular flexibility index (Phi) is 5.00. The standard InChI is InChI=1S/C17H26O2/c1-3-19-17(11-7-8-14(2)13-17)16(18)12-15-9-5-4-6-10-15/h4-6,9-10,14,16,18H,3,7-8,11-13H2,1-2H3. The third-order valence-corrected chi connectivity index (χ3v) is 4.30. The van der Waals surface area contributed by atoms with Crippen LogP contribution in [0, 0.1) is 5.92 Å². The lowest BCUT2D eigenvalue weighted by atomic mass is 9.74. The maximum absolute atomic E-state index is 10.7. The second-order valence-corrected chi connectivity index (χ2v) is 5.90. The van der Waals surface area contributed by atoms with E-state index in [4.69, 9.17) is 4.74 Å². The van der Waals surface area contributed by atoms with Gasteiger partial charge in [0.05, 0.1) is 11.7 Å². The summed E-state index contributed by atoms with van der Waals surface area (Å²) in [4.78, 5) is 0. The van der Waals surface area contributed by atoms with Gasteiger partial charge in [0.2, 0.25) is 0 Å². The van der Waals surface area contributed by atoms with E-state index in [-0.39, 0.29) is 5.60 Å². The van der Waals surface area contributed by atoms with Crippen LogP contribution >= 0.6 is 0 Å². The van der Waals surface area contributed by atoms with Gasteiger partial charge in [0.25, 0.3) is 0 Å². The first kappa shape index (κ1) is 14.5.